The van der Waals surface area contributed by atoms with Crippen molar-refractivity contribution < 1.29 is 22.7 Å². The van der Waals surface area contributed by atoms with Crippen LogP contribution in [-0.4, -0.2) is 79.9 Å². The van der Waals surface area contributed by atoms with Gasteiger partial charge in [0.05, 0.1) is 6.61 Å². The fourth-order valence-corrected chi connectivity index (χ4v) is 7.49. The third-order valence-electron chi connectivity index (χ3n) is 7.47. The first-order chi connectivity index (χ1) is 17.5. The zero-order valence-corrected chi connectivity index (χ0v) is 23.2. The third-order valence-corrected chi connectivity index (χ3v) is 9.54. The van der Waals surface area contributed by atoms with Crippen molar-refractivity contribution in [2.24, 2.45) is 5.92 Å². The van der Waals surface area contributed by atoms with Crippen molar-refractivity contribution >= 4 is 27.6 Å². The molecule has 0 unspecified atom stereocenters. The predicted molar refractivity (Wildman–Crippen MR) is 142 cm³/mol. The summed E-state index contributed by atoms with van der Waals surface area (Å²) in [4.78, 5) is 33.1. The van der Waals surface area contributed by atoms with Gasteiger partial charge in [0, 0.05) is 61.8 Å². The van der Waals surface area contributed by atoms with Gasteiger partial charge in [0.1, 0.15) is 10.5 Å². The Morgan fingerprint density at radius 3 is 2.38 bits per heavy atom. The van der Waals surface area contributed by atoms with Crippen molar-refractivity contribution in [3.05, 3.63) is 46.8 Å². The number of esters is 1. The van der Waals surface area contributed by atoms with Crippen LogP contribution in [-0.2, 0) is 19.6 Å². The maximum atomic E-state index is 13.6. The lowest BCUT2D eigenvalue weighted by Gasteiger charge is -2.43. The van der Waals surface area contributed by atoms with E-state index in [0.29, 0.717) is 37.3 Å². The van der Waals surface area contributed by atoms with Gasteiger partial charge in [-0.3, -0.25) is 4.79 Å². The van der Waals surface area contributed by atoms with Crippen LogP contribution < -0.4 is 4.90 Å². The van der Waals surface area contributed by atoms with Gasteiger partial charge in [-0.1, -0.05) is 12.1 Å². The van der Waals surface area contributed by atoms with Crippen LogP contribution in [0.25, 0.3) is 0 Å². The number of nitrogens with one attached hydrogen (secondary N) is 1. The minimum absolute atomic E-state index is 0.0191. The van der Waals surface area contributed by atoms with Crippen LogP contribution >= 0.6 is 0 Å². The lowest BCUT2D eigenvalue weighted by Crippen LogP contribution is -2.55. The third kappa shape index (κ3) is 5.40. The Labute approximate surface area is 219 Å². The maximum Gasteiger partial charge on any atom is 0.341 e. The molecule has 1 N–H and O–H groups in total. The van der Waals surface area contributed by atoms with Crippen LogP contribution in [0.3, 0.4) is 0 Å². The number of benzene rings is 1. The summed E-state index contributed by atoms with van der Waals surface area (Å²) >= 11 is 0. The van der Waals surface area contributed by atoms with Crippen molar-refractivity contribution in [1.82, 2.24) is 14.2 Å². The molecule has 4 rings (SSSR count). The number of aromatic amines is 1. The van der Waals surface area contributed by atoms with Crippen LogP contribution in [0.5, 0.6) is 0 Å². The molecule has 1 aromatic heterocycles. The first-order valence-corrected chi connectivity index (χ1v) is 14.5. The van der Waals surface area contributed by atoms with Crippen molar-refractivity contribution in [3.63, 3.8) is 0 Å². The summed E-state index contributed by atoms with van der Waals surface area (Å²) in [5.41, 5.74) is 3.34. The summed E-state index contributed by atoms with van der Waals surface area (Å²) < 4.78 is 33.6. The molecule has 0 aliphatic carbocycles. The molecule has 0 bridgehead atoms. The number of carbonyl (C=O) groups is 2. The summed E-state index contributed by atoms with van der Waals surface area (Å²) in [6, 6.07) is 8.61. The minimum atomic E-state index is -3.92. The zero-order valence-electron chi connectivity index (χ0n) is 22.4. The SMILES string of the molecule is CCOC(=O)c1c(C)[nH]c(C)c1S(=O)(=O)N1CCC(C(=O)N2CCN(c3cccc(C)c3)[C@@H](C)C2)CC1. The normalized spacial score (nSPS) is 19.8. The van der Waals surface area contributed by atoms with Crippen LogP contribution in [0.1, 0.15) is 54.0 Å². The Morgan fingerprint density at radius 1 is 1.05 bits per heavy atom. The molecule has 0 saturated carbocycles. The van der Waals surface area contributed by atoms with Gasteiger partial charge in [-0.15, -0.1) is 0 Å². The maximum absolute atomic E-state index is 13.6. The Bertz CT molecular complexity index is 1260. The molecule has 9 nitrogen and oxygen atoms in total. The van der Waals surface area contributed by atoms with Crippen molar-refractivity contribution in [2.45, 2.75) is 58.4 Å². The summed E-state index contributed by atoms with van der Waals surface area (Å²) in [6.07, 6.45) is 0.920. The lowest BCUT2D eigenvalue weighted by molar-refractivity contribution is -0.137. The second-order valence-electron chi connectivity index (χ2n) is 10.1. The number of H-pyrrole nitrogens is 1. The Morgan fingerprint density at radius 2 is 1.76 bits per heavy atom. The topological polar surface area (TPSA) is 103 Å². The second kappa shape index (κ2) is 10.9. The number of rotatable bonds is 6. The highest BCUT2D eigenvalue weighted by molar-refractivity contribution is 7.89. The summed E-state index contributed by atoms with van der Waals surface area (Å²) in [5, 5.41) is 0. The number of carbonyl (C=O) groups excluding carboxylic acids is 2. The van der Waals surface area contributed by atoms with E-state index in [0.717, 1.165) is 6.54 Å². The van der Waals surface area contributed by atoms with E-state index in [1.54, 1.807) is 20.8 Å². The molecule has 1 atom stereocenters. The van der Waals surface area contributed by atoms with E-state index in [2.05, 4.69) is 48.0 Å². The molecular formula is C27H38N4O5S. The first-order valence-electron chi connectivity index (χ1n) is 13.0. The molecule has 0 radical (unpaired) electrons. The average molecular weight is 531 g/mol. The van der Waals surface area contributed by atoms with Crippen molar-refractivity contribution in [1.29, 1.82) is 0 Å². The molecule has 37 heavy (non-hydrogen) atoms. The molecule has 2 saturated heterocycles. The molecule has 2 aliphatic rings. The van der Waals surface area contributed by atoms with E-state index in [-0.39, 0.29) is 48.0 Å². The number of aromatic nitrogens is 1. The van der Waals surface area contributed by atoms with E-state index in [4.69, 9.17) is 4.74 Å². The number of piperazine rings is 1. The fourth-order valence-electron chi connectivity index (χ4n) is 5.61. The van der Waals surface area contributed by atoms with Crippen molar-refractivity contribution in [3.8, 4) is 0 Å². The number of sulfonamides is 1. The monoisotopic (exact) mass is 530 g/mol. The Hall–Kier alpha value is -2.85. The number of hydrogen-bond acceptors (Lipinski definition) is 6. The van der Waals surface area contributed by atoms with Gasteiger partial charge in [-0.2, -0.15) is 4.31 Å². The molecule has 10 heteroatoms. The first kappa shape index (κ1) is 27.2. The molecule has 2 aliphatic heterocycles. The highest BCUT2D eigenvalue weighted by Gasteiger charge is 2.39. The number of anilines is 1. The quantitative estimate of drug-likeness (QED) is 0.575. The van der Waals surface area contributed by atoms with E-state index in [9.17, 15) is 18.0 Å². The van der Waals surface area contributed by atoms with E-state index in [1.807, 2.05) is 4.90 Å². The minimum Gasteiger partial charge on any atom is -0.462 e. The van der Waals surface area contributed by atoms with Gasteiger partial charge in [-0.05, 0) is 65.2 Å². The van der Waals surface area contributed by atoms with E-state index in [1.165, 1.54) is 15.6 Å². The Balaban J connectivity index is 1.40. The predicted octanol–water partition coefficient (Wildman–Crippen LogP) is 3.25. The van der Waals surface area contributed by atoms with Crippen LogP contribution in [0.4, 0.5) is 5.69 Å². The molecule has 202 valence electrons. The van der Waals surface area contributed by atoms with Gasteiger partial charge in [0.15, 0.2) is 0 Å². The highest BCUT2D eigenvalue weighted by atomic mass is 32.2. The lowest BCUT2D eigenvalue weighted by atomic mass is 9.95. The fraction of sp³-hybridized carbons (Fsp3) is 0.556. The number of ether oxygens (including phenoxy) is 1. The van der Waals surface area contributed by atoms with Gasteiger partial charge in [-0.25, -0.2) is 13.2 Å². The number of amides is 1. The summed E-state index contributed by atoms with van der Waals surface area (Å²) in [7, 11) is -3.92. The smallest absolute Gasteiger partial charge is 0.341 e. The van der Waals surface area contributed by atoms with Gasteiger partial charge < -0.3 is 19.5 Å². The van der Waals surface area contributed by atoms with Crippen LogP contribution in [0.15, 0.2) is 29.2 Å². The number of piperidine rings is 1. The van der Waals surface area contributed by atoms with Gasteiger partial charge in [0.2, 0.25) is 15.9 Å². The van der Waals surface area contributed by atoms with Gasteiger partial charge in [0.25, 0.3) is 0 Å². The average Bonchev–Trinajstić information content (AvgIpc) is 3.18. The molecule has 3 heterocycles. The van der Waals surface area contributed by atoms with Crippen molar-refractivity contribution in [2.75, 3.05) is 44.2 Å². The van der Waals surface area contributed by atoms with Crippen LogP contribution in [0, 0.1) is 26.7 Å². The van der Waals surface area contributed by atoms with Crippen LogP contribution in [0.2, 0.25) is 0 Å². The Kier molecular flexibility index (Phi) is 7.99. The molecule has 2 aromatic rings. The largest absolute Gasteiger partial charge is 0.462 e. The zero-order chi connectivity index (χ0) is 26.9. The molecule has 1 aromatic carbocycles. The molecule has 2 fully saturated rings. The molecule has 1 amide bonds. The standard InChI is InChI=1S/C27H38N4O5S/c1-6-36-27(33)24-20(4)28-21(5)25(24)37(34,35)30-12-10-22(11-13-30)26(32)29-14-15-31(19(3)17-29)23-9-7-8-18(2)16-23/h7-9,16,19,22,28H,6,10-15,17H2,1-5H3/t19-/m0/s1. The highest BCUT2D eigenvalue weighted by Crippen LogP contribution is 2.31. The number of nitrogens with zero attached hydrogens (tertiary/aromatic N) is 3. The van der Waals surface area contributed by atoms with E-state index >= 15 is 0 Å². The second-order valence-corrected chi connectivity index (χ2v) is 12.0. The summed E-state index contributed by atoms with van der Waals surface area (Å²) in [5.74, 6) is -0.747. The van der Waals surface area contributed by atoms with Gasteiger partial charge >= 0.3 is 5.97 Å². The van der Waals surface area contributed by atoms with E-state index < -0.39 is 16.0 Å². The molecular weight excluding hydrogens is 492 g/mol. The summed E-state index contributed by atoms with van der Waals surface area (Å²) in [6.45, 7) is 11.9. The number of aryl methyl sites for hydroxylation is 3. The number of hydrogen-bond donors (Lipinski definition) is 1. The molecule has 0 spiro atoms.